The van der Waals surface area contributed by atoms with Gasteiger partial charge in [0, 0.05) is 38.2 Å². The van der Waals surface area contributed by atoms with Crippen molar-refractivity contribution in [2.45, 2.75) is 49.1 Å². The van der Waals surface area contributed by atoms with Crippen molar-refractivity contribution in [1.82, 2.24) is 19.6 Å². The average molecular weight is 542 g/mol. The van der Waals surface area contributed by atoms with Gasteiger partial charge in [0.1, 0.15) is 17.5 Å². The predicted octanol–water partition coefficient (Wildman–Crippen LogP) is 3.92. The summed E-state index contributed by atoms with van der Waals surface area (Å²) in [6.07, 6.45) is 8.24. The van der Waals surface area contributed by atoms with Crippen LogP contribution in [0.5, 0.6) is 0 Å². The number of aromatic nitrogens is 4. The minimum absolute atomic E-state index is 0.0164. The maximum Gasteiger partial charge on any atom is 0.175 e. The Morgan fingerprint density at radius 1 is 1.13 bits per heavy atom. The summed E-state index contributed by atoms with van der Waals surface area (Å²) in [6, 6.07) is 6.69. The van der Waals surface area contributed by atoms with Gasteiger partial charge in [0.2, 0.25) is 0 Å². The molecule has 2 N–H and O–H groups in total. The average Bonchev–Trinajstić information content (AvgIpc) is 3.25. The van der Waals surface area contributed by atoms with E-state index in [1.165, 1.54) is 6.07 Å². The van der Waals surface area contributed by atoms with Crippen molar-refractivity contribution < 1.29 is 21.9 Å². The fourth-order valence-corrected chi connectivity index (χ4v) is 6.21. The smallest absolute Gasteiger partial charge is 0.175 e. The van der Waals surface area contributed by atoms with Crippen LogP contribution >= 0.6 is 0 Å². The lowest BCUT2D eigenvalue weighted by Crippen LogP contribution is -2.45. The van der Waals surface area contributed by atoms with Crippen LogP contribution in [0.25, 0.3) is 16.8 Å². The van der Waals surface area contributed by atoms with Crippen molar-refractivity contribution in [2.75, 3.05) is 13.4 Å². The zero-order valence-corrected chi connectivity index (χ0v) is 22.1. The molecule has 1 saturated carbocycles. The third-order valence-corrected chi connectivity index (χ3v) is 8.44. The molecule has 1 fully saturated rings. The highest BCUT2D eigenvalue weighted by Gasteiger charge is 2.35. The zero-order valence-electron chi connectivity index (χ0n) is 21.3. The molecular formula is C27H29F2N5O3S. The van der Waals surface area contributed by atoms with E-state index < -0.39 is 31.9 Å². The van der Waals surface area contributed by atoms with Gasteiger partial charge in [0.25, 0.3) is 0 Å². The van der Waals surface area contributed by atoms with Crippen LogP contribution in [0.4, 0.5) is 8.78 Å². The monoisotopic (exact) mass is 541 g/mol. The molecule has 0 amide bonds. The second-order valence-electron chi connectivity index (χ2n) is 10.0. The highest BCUT2D eigenvalue weighted by Crippen LogP contribution is 2.38. The van der Waals surface area contributed by atoms with Gasteiger partial charge in [-0.05, 0) is 66.1 Å². The molecule has 38 heavy (non-hydrogen) atoms. The Bertz CT molecular complexity index is 1570. The van der Waals surface area contributed by atoms with Crippen molar-refractivity contribution in [2.24, 2.45) is 11.7 Å². The minimum Gasteiger partial charge on any atom is -0.380 e. The third kappa shape index (κ3) is 4.93. The van der Waals surface area contributed by atoms with Gasteiger partial charge in [-0.25, -0.2) is 26.7 Å². The number of fused-ring (bicyclic) bond motifs is 1. The van der Waals surface area contributed by atoms with Crippen molar-refractivity contribution in [1.29, 1.82) is 0 Å². The normalized spacial score (nSPS) is 22.2. The van der Waals surface area contributed by atoms with Crippen LogP contribution < -0.4 is 5.73 Å². The number of imidazole rings is 1. The maximum absolute atomic E-state index is 14.9. The molecule has 0 spiro atoms. The summed E-state index contributed by atoms with van der Waals surface area (Å²) in [4.78, 5) is 8.41. The molecule has 1 aliphatic carbocycles. The molecule has 8 nitrogen and oxygen atoms in total. The first-order valence-corrected chi connectivity index (χ1v) is 14.2. The van der Waals surface area contributed by atoms with E-state index in [1.54, 1.807) is 30.1 Å². The van der Waals surface area contributed by atoms with E-state index >= 15 is 0 Å². The molecule has 200 valence electrons. The van der Waals surface area contributed by atoms with E-state index in [0.717, 1.165) is 42.4 Å². The first-order chi connectivity index (χ1) is 18.1. The van der Waals surface area contributed by atoms with E-state index in [1.807, 2.05) is 12.3 Å². The Morgan fingerprint density at radius 2 is 1.87 bits per heavy atom. The summed E-state index contributed by atoms with van der Waals surface area (Å²) in [7, 11) is -2.08. The van der Waals surface area contributed by atoms with Crippen molar-refractivity contribution in [3.63, 3.8) is 0 Å². The molecule has 4 aromatic rings. The number of ether oxygens (including phenoxy) is 1. The summed E-state index contributed by atoms with van der Waals surface area (Å²) in [5.74, 6) is -0.912. The molecule has 0 aliphatic heterocycles. The number of rotatable bonds is 6. The molecule has 0 unspecified atom stereocenters. The highest BCUT2D eigenvalue weighted by molar-refractivity contribution is 7.90. The SMILES string of the molecule is CO[C@@H]1[C@H](N)C[C@H](c2ccncc2Cc2ncc3ccc(-c4c(F)cc(S(C)(=O)=O)cc4F)nn23)C[C@@H]1C. The van der Waals surface area contributed by atoms with Gasteiger partial charge in [0.15, 0.2) is 9.84 Å². The standard InChI is InChI=1S/C27H29F2N5O3S/c1-15-8-16(9-23(30)27(15)37-2)20-6-7-31-13-17(20)10-25-32-14-18-4-5-24(33-34(18)25)26-21(28)11-19(12-22(26)29)38(3,35)36/h4-7,11-16,23,27H,8-10,30H2,1-3H3/t15-,16+,23+,27-/m0/s1. The lowest BCUT2D eigenvalue weighted by atomic mass is 9.74. The number of hydrogen-bond acceptors (Lipinski definition) is 7. The molecular weight excluding hydrogens is 512 g/mol. The quantitative estimate of drug-likeness (QED) is 0.394. The van der Waals surface area contributed by atoms with Crippen LogP contribution in [0.15, 0.2) is 53.8 Å². The van der Waals surface area contributed by atoms with Gasteiger partial charge in [-0.3, -0.25) is 4.98 Å². The van der Waals surface area contributed by atoms with Crippen molar-refractivity contribution >= 4 is 15.4 Å². The van der Waals surface area contributed by atoms with Gasteiger partial charge in [0.05, 0.1) is 34.0 Å². The van der Waals surface area contributed by atoms with Crippen molar-refractivity contribution in [3.8, 4) is 11.3 Å². The number of methoxy groups -OCH3 is 1. The maximum atomic E-state index is 14.9. The van der Waals surface area contributed by atoms with Crippen molar-refractivity contribution in [3.05, 3.63) is 77.5 Å². The minimum atomic E-state index is -3.78. The van der Waals surface area contributed by atoms with Gasteiger partial charge < -0.3 is 10.5 Å². The Balaban J connectivity index is 1.50. The second-order valence-corrected chi connectivity index (χ2v) is 12.0. The van der Waals surface area contributed by atoms with Crippen LogP contribution in [-0.2, 0) is 21.0 Å². The summed E-state index contributed by atoms with van der Waals surface area (Å²) >= 11 is 0. The number of halogens is 2. The summed E-state index contributed by atoms with van der Waals surface area (Å²) in [6.45, 7) is 2.15. The molecule has 4 atom stereocenters. The lowest BCUT2D eigenvalue weighted by Gasteiger charge is -2.38. The van der Waals surface area contributed by atoms with Gasteiger partial charge in [-0.2, -0.15) is 5.10 Å². The fraction of sp³-hybridized carbons (Fsp3) is 0.370. The van der Waals surface area contributed by atoms with E-state index in [9.17, 15) is 17.2 Å². The van der Waals surface area contributed by atoms with Crippen LogP contribution in [0.3, 0.4) is 0 Å². The molecule has 0 bridgehead atoms. The molecule has 1 aliphatic rings. The molecule has 0 saturated heterocycles. The fourth-order valence-electron chi connectivity index (χ4n) is 5.58. The zero-order chi connectivity index (χ0) is 27.2. The molecule has 5 rings (SSSR count). The first kappa shape index (κ1) is 26.3. The number of benzene rings is 1. The first-order valence-electron chi connectivity index (χ1n) is 12.3. The highest BCUT2D eigenvalue weighted by atomic mass is 32.2. The summed E-state index contributed by atoms with van der Waals surface area (Å²) in [5, 5.41) is 4.47. The predicted molar refractivity (Wildman–Crippen MR) is 138 cm³/mol. The van der Waals surface area contributed by atoms with Crippen LogP contribution in [0.2, 0.25) is 0 Å². The number of sulfone groups is 1. The number of nitrogens with two attached hydrogens (primary N) is 1. The van der Waals surface area contributed by atoms with Gasteiger partial charge in [-0.15, -0.1) is 0 Å². The Labute approximate surface area is 219 Å². The lowest BCUT2D eigenvalue weighted by molar-refractivity contribution is 0.00970. The van der Waals surface area contributed by atoms with Crippen LogP contribution in [-0.4, -0.2) is 53.5 Å². The molecule has 3 heterocycles. The van der Waals surface area contributed by atoms with E-state index in [2.05, 4.69) is 22.0 Å². The number of pyridine rings is 1. The molecule has 11 heteroatoms. The molecule has 3 aromatic heterocycles. The topological polar surface area (TPSA) is 112 Å². The van der Waals surface area contributed by atoms with Gasteiger partial charge in [-0.1, -0.05) is 6.92 Å². The van der Waals surface area contributed by atoms with E-state index in [4.69, 9.17) is 10.5 Å². The summed E-state index contributed by atoms with van der Waals surface area (Å²) in [5.41, 5.74) is 8.82. The molecule has 0 radical (unpaired) electrons. The Morgan fingerprint density at radius 3 is 2.53 bits per heavy atom. The number of nitrogens with zero attached hydrogens (tertiary/aromatic N) is 4. The molecule has 1 aromatic carbocycles. The van der Waals surface area contributed by atoms with E-state index in [-0.39, 0.29) is 23.8 Å². The van der Waals surface area contributed by atoms with Crippen LogP contribution in [0.1, 0.15) is 42.6 Å². The second kappa shape index (κ2) is 10.1. The largest absolute Gasteiger partial charge is 0.380 e. The summed E-state index contributed by atoms with van der Waals surface area (Å²) < 4.78 is 60.5. The Kier molecular flexibility index (Phi) is 7.01. The number of hydrogen-bond donors (Lipinski definition) is 1. The van der Waals surface area contributed by atoms with E-state index in [0.29, 0.717) is 23.7 Å². The van der Waals surface area contributed by atoms with Crippen LogP contribution in [0, 0.1) is 17.6 Å². The third-order valence-electron chi connectivity index (χ3n) is 7.35. The Hall–Kier alpha value is -3.28. The van der Waals surface area contributed by atoms with Gasteiger partial charge >= 0.3 is 0 Å².